The first-order valence-electron chi connectivity index (χ1n) is 12.2. The molecule has 4 rings (SSSR count). The molecule has 0 aliphatic carbocycles. The smallest absolute Gasteiger partial charge is 0.245 e. The molecule has 6 heteroatoms. The lowest BCUT2D eigenvalue weighted by atomic mass is 10.0. The van der Waals surface area contributed by atoms with Crippen molar-refractivity contribution in [2.45, 2.75) is 32.9 Å². The lowest BCUT2D eigenvalue weighted by Crippen LogP contribution is -2.56. The minimum Gasteiger partial charge on any atom is -0.344 e. The summed E-state index contributed by atoms with van der Waals surface area (Å²) in [6.45, 7) is 7.57. The highest BCUT2D eigenvalue weighted by atomic mass is 16.2. The molecule has 0 saturated carbocycles. The van der Waals surface area contributed by atoms with Crippen LogP contribution in [-0.2, 0) is 22.6 Å². The van der Waals surface area contributed by atoms with E-state index in [0.717, 1.165) is 41.5 Å². The predicted molar refractivity (Wildman–Crippen MR) is 137 cm³/mol. The Morgan fingerprint density at radius 1 is 0.914 bits per heavy atom. The van der Waals surface area contributed by atoms with Gasteiger partial charge in [0.15, 0.2) is 0 Å². The van der Waals surface area contributed by atoms with Crippen molar-refractivity contribution in [2.75, 3.05) is 26.2 Å². The van der Waals surface area contributed by atoms with Gasteiger partial charge in [-0.25, -0.2) is 0 Å². The van der Waals surface area contributed by atoms with Crippen LogP contribution in [0, 0.1) is 17.2 Å². The van der Waals surface area contributed by atoms with Crippen molar-refractivity contribution in [3.63, 3.8) is 0 Å². The van der Waals surface area contributed by atoms with Gasteiger partial charge in [-0.2, -0.15) is 5.26 Å². The minimum absolute atomic E-state index is 0.000248. The van der Waals surface area contributed by atoms with Crippen LogP contribution < -0.4 is 5.32 Å². The third-order valence-electron chi connectivity index (χ3n) is 6.60. The fourth-order valence-electron chi connectivity index (χ4n) is 4.54. The summed E-state index contributed by atoms with van der Waals surface area (Å²) in [5.74, 6) is -0.142. The second-order valence-corrected chi connectivity index (χ2v) is 9.56. The maximum atomic E-state index is 13.3. The van der Waals surface area contributed by atoms with Gasteiger partial charge in [0.2, 0.25) is 11.8 Å². The molecule has 1 N–H and O–H groups in total. The molecule has 1 aliphatic rings. The molecule has 0 spiro atoms. The quantitative estimate of drug-likeness (QED) is 0.573. The fraction of sp³-hybridized carbons (Fsp3) is 0.345. The van der Waals surface area contributed by atoms with Crippen molar-refractivity contribution in [3.8, 4) is 6.07 Å². The monoisotopic (exact) mass is 468 g/mol. The van der Waals surface area contributed by atoms with Crippen molar-refractivity contribution in [3.05, 3.63) is 83.4 Å². The minimum atomic E-state index is -0.534. The first-order chi connectivity index (χ1) is 16.9. The zero-order valence-electron chi connectivity index (χ0n) is 20.4. The molecule has 6 nitrogen and oxygen atoms in total. The van der Waals surface area contributed by atoms with Gasteiger partial charge in [0, 0.05) is 32.7 Å². The van der Waals surface area contributed by atoms with Crippen LogP contribution in [-0.4, -0.2) is 53.8 Å². The normalized spacial score (nSPS) is 15.1. The van der Waals surface area contributed by atoms with Gasteiger partial charge < -0.3 is 10.2 Å². The Labute approximate surface area is 207 Å². The molecule has 1 aliphatic heterocycles. The summed E-state index contributed by atoms with van der Waals surface area (Å²) in [6, 6.07) is 23.4. The summed E-state index contributed by atoms with van der Waals surface area (Å²) in [5, 5.41) is 14.2. The van der Waals surface area contributed by atoms with Crippen molar-refractivity contribution in [1.29, 1.82) is 5.26 Å². The Bertz CT molecular complexity index is 1220. The van der Waals surface area contributed by atoms with E-state index in [-0.39, 0.29) is 24.2 Å². The molecule has 1 saturated heterocycles. The van der Waals surface area contributed by atoms with E-state index in [1.54, 1.807) is 0 Å². The number of nitrogens with one attached hydrogen (secondary N) is 1. The maximum Gasteiger partial charge on any atom is 0.245 e. The van der Waals surface area contributed by atoms with Crippen LogP contribution >= 0.6 is 0 Å². The van der Waals surface area contributed by atoms with Crippen molar-refractivity contribution < 1.29 is 9.59 Å². The van der Waals surface area contributed by atoms with Crippen LogP contribution in [0.5, 0.6) is 0 Å². The van der Waals surface area contributed by atoms with E-state index in [1.807, 2.05) is 79.4 Å². The summed E-state index contributed by atoms with van der Waals surface area (Å²) < 4.78 is 0. The van der Waals surface area contributed by atoms with Crippen LogP contribution in [0.2, 0.25) is 0 Å². The Hall–Kier alpha value is -3.69. The number of carbonyl (C=O) groups is 2. The average molecular weight is 469 g/mol. The molecule has 0 radical (unpaired) electrons. The number of piperazine rings is 1. The van der Waals surface area contributed by atoms with Gasteiger partial charge in [0.1, 0.15) is 6.04 Å². The zero-order valence-corrected chi connectivity index (χ0v) is 20.4. The van der Waals surface area contributed by atoms with E-state index in [0.29, 0.717) is 18.7 Å². The molecule has 0 aromatic heterocycles. The number of fused-ring (bicyclic) bond motifs is 1. The largest absolute Gasteiger partial charge is 0.344 e. The summed E-state index contributed by atoms with van der Waals surface area (Å²) in [6.07, 6.45) is 0.250. The highest BCUT2D eigenvalue weighted by molar-refractivity contribution is 5.90. The molecule has 2 amide bonds. The van der Waals surface area contributed by atoms with Crippen molar-refractivity contribution in [2.24, 2.45) is 5.92 Å². The Morgan fingerprint density at radius 3 is 2.23 bits per heavy atom. The highest BCUT2D eigenvalue weighted by Gasteiger charge is 2.30. The molecule has 1 atom stereocenters. The lowest BCUT2D eigenvalue weighted by molar-refractivity contribution is -0.139. The van der Waals surface area contributed by atoms with Gasteiger partial charge >= 0.3 is 0 Å². The zero-order chi connectivity index (χ0) is 24.8. The summed E-state index contributed by atoms with van der Waals surface area (Å²) in [5.41, 5.74) is 2.75. The summed E-state index contributed by atoms with van der Waals surface area (Å²) >= 11 is 0. The molecule has 0 bridgehead atoms. The van der Waals surface area contributed by atoms with E-state index in [2.05, 4.69) is 22.4 Å². The van der Waals surface area contributed by atoms with Crippen LogP contribution in [0.3, 0.4) is 0 Å². The van der Waals surface area contributed by atoms with Gasteiger partial charge in [-0.3, -0.25) is 14.5 Å². The van der Waals surface area contributed by atoms with Crippen LogP contribution in [0.1, 0.15) is 30.5 Å². The van der Waals surface area contributed by atoms with E-state index in [4.69, 9.17) is 5.26 Å². The van der Waals surface area contributed by atoms with Crippen LogP contribution in [0.15, 0.2) is 66.7 Å². The first kappa shape index (κ1) is 24.4. The predicted octanol–water partition coefficient (Wildman–Crippen LogP) is 3.74. The Morgan fingerprint density at radius 2 is 1.57 bits per heavy atom. The van der Waals surface area contributed by atoms with Crippen molar-refractivity contribution in [1.82, 2.24) is 15.1 Å². The average Bonchev–Trinajstić information content (AvgIpc) is 2.87. The van der Waals surface area contributed by atoms with Crippen LogP contribution in [0.25, 0.3) is 10.8 Å². The molecule has 1 fully saturated rings. The number of hydrogen-bond acceptors (Lipinski definition) is 4. The van der Waals surface area contributed by atoms with Gasteiger partial charge in [-0.05, 0) is 39.9 Å². The van der Waals surface area contributed by atoms with E-state index in [9.17, 15) is 9.59 Å². The van der Waals surface area contributed by atoms with Gasteiger partial charge in [-0.15, -0.1) is 0 Å². The Balaban J connectivity index is 1.31. The molecule has 35 heavy (non-hydrogen) atoms. The maximum absolute atomic E-state index is 13.3. The van der Waals surface area contributed by atoms with Gasteiger partial charge in [0.25, 0.3) is 0 Å². The second kappa shape index (κ2) is 11.2. The number of amides is 2. The fourth-order valence-corrected chi connectivity index (χ4v) is 4.54. The lowest BCUT2D eigenvalue weighted by Gasteiger charge is -2.37. The van der Waals surface area contributed by atoms with E-state index < -0.39 is 6.04 Å². The SMILES string of the molecule is CC(C)C(NC(=O)Cc1ccc2ccccc2c1)C(=O)N1CCN(Cc2ccc(C#N)cc2)CC1. The highest BCUT2D eigenvalue weighted by Crippen LogP contribution is 2.17. The molecule has 3 aromatic rings. The molecule has 1 heterocycles. The number of carbonyl (C=O) groups excluding carboxylic acids is 2. The molecule has 1 unspecified atom stereocenters. The summed E-state index contributed by atoms with van der Waals surface area (Å²) in [7, 11) is 0. The van der Waals surface area contributed by atoms with Crippen LogP contribution in [0.4, 0.5) is 0 Å². The first-order valence-corrected chi connectivity index (χ1v) is 12.2. The molecular formula is C29H32N4O2. The number of nitrogens with zero attached hydrogens (tertiary/aromatic N) is 3. The second-order valence-electron chi connectivity index (χ2n) is 9.56. The molecule has 3 aromatic carbocycles. The van der Waals surface area contributed by atoms with Gasteiger partial charge in [0.05, 0.1) is 18.1 Å². The topological polar surface area (TPSA) is 76.4 Å². The number of hydrogen-bond donors (Lipinski definition) is 1. The number of benzene rings is 3. The molecular weight excluding hydrogens is 436 g/mol. The number of rotatable bonds is 7. The third kappa shape index (κ3) is 6.26. The van der Waals surface area contributed by atoms with E-state index >= 15 is 0 Å². The Kier molecular flexibility index (Phi) is 7.79. The standard InChI is InChI=1S/C29H32N4O2/c1-21(2)28(31-27(34)18-24-11-12-25-5-3-4-6-26(25)17-24)29(35)33-15-13-32(14-16-33)20-23-9-7-22(19-30)8-10-23/h3-12,17,21,28H,13-16,18,20H2,1-2H3,(H,31,34). The third-order valence-corrected chi connectivity index (χ3v) is 6.60. The van der Waals surface area contributed by atoms with Gasteiger partial charge in [-0.1, -0.05) is 68.4 Å². The summed E-state index contributed by atoms with van der Waals surface area (Å²) in [4.78, 5) is 30.3. The number of nitriles is 1. The molecule has 180 valence electrons. The van der Waals surface area contributed by atoms with Crippen molar-refractivity contribution >= 4 is 22.6 Å². The van der Waals surface area contributed by atoms with E-state index in [1.165, 1.54) is 0 Å².